The van der Waals surface area contributed by atoms with Crippen LogP contribution in [0.5, 0.6) is 0 Å². The van der Waals surface area contributed by atoms with Gasteiger partial charge in [0.2, 0.25) is 0 Å². The fourth-order valence-corrected chi connectivity index (χ4v) is 2.18. The van der Waals surface area contributed by atoms with Crippen molar-refractivity contribution in [1.29, 1.82) is 0 Å². The van der Waals surface area contributed by atoms with E-state index < -0.39 is 0 Å². The first-order chi connectivity index (χ1) is 5.70. The molecule has 2 rings (SSSR count). The van der Waals surface area contributed by atoms with E-state index in [2.05, 4.69) is 23.9 Å². The third kappa shape index (κ3) is 1.13. The molecule has 0 aliphatic heterocycles. The van der Waals surface area contributed by atoms with Gasteiger partial charge in [0.1, 0.15) is 12.7 Å². The van der Waals surface area contributed by atoms with Crippen molar-refractivity contribution in [1.82, 2.24) is 14.8 Å². The van der Waals surface area contributed by atoms with Crippen LogP contribution in [0.1, 0.15) is 39.2 Å². The minimum atomic E-state index is 0.397. The largest absolute Gasteiger partial charge is 0.249 e. The standard InChI is InChI=1S/C9H15N3/c1-9(2)5-3-4-8(9)12-7-10-6-11-12/h6-8H,3-5H2,1-2H3. The summed E-state index contributed by atoms with van der Waals surface area (Å²) in [4.78, 5) is 3.98. The van der Waals surface area contributed by atoms with Crippen molar-refractivity contribution < 1.29 is 0 Å². The van der Waals surface area contributed by atoms with Gasteiger partial charge in [-0.2, -0.15) is 5.10 Å². The van der Waals surface area contributed by atoms with Crippen molar-refractivity contribution in [3.63, 3.8) is 0 Å². The van der Waals surface area contributed by atoms with Crippen LogP contribution in [0.25, 0.3) is 0 Å². The van der Waals surface area contributed by atoms with E-state index in [0.29, 0.717) is 11.5 Å². The van der Waals surface area contributed by atoms with Gasteiger partial charge in [-0.3, -0.25) is 0 Å². The van der Waals surface area contributed by atoms with Crippen LogP contribution in [0.15, 0.2) is 12.7 Å². The van der Waals surface area contributed by atoms with E-state index >= 15 is 0 Å². The number of hydrogen-bond donors (Lipinski definition) is 0. The lowest BCUT2D eigenvalue weighted by Crippen LogP contribution is -2.21. The Morgan fingerprint density at radius 1 is 1.50 bits per heavy atom. The lowest BCUT2D eigenvalue weighted by Gasteiger charge is -2.26. The number of nitrogens with zero attached hydrogens (tertiary/aromatic N) is 3. The predicted molar refractivity (Wildman–Crippen MR) is 46.7 cm³/mol. The molecule has 0 bridgehead atoms. The lowest BCUT2D eigenvalue weighted by molar-refractivity contribution is 0.243. The molecular weight excluding hydrogens is 150 g/mol. The van der Waals surface area contributed by atoms with E-state index in [0.717, 1.165) is 0 Å². The van der Waals surface area contributed by atoms with E-state index in [1.807, 2.05) is 11.0 Å². The minimum absolute atomic E-state index is 0.397. The van der Waals surface area contributed by atoms with Gasteiger partial charge < -0.3 is 0 Å². The Morgan fingerprint density at radius 3 is 2.83 bits per heavy atom. The first kappa shape index (κ1) is 7.77. The summed E-state index contributed by atoms with van der Waals surface area (Å²) in [5.74, 6) is 0. The first-order valence-corrected chi connectivity index (χ1v) is 4.54. The van der Waals surface area contributed by atoms with Crippen LogP contribution < -0.4 is 0 Å². The molecule has 0 N–H and O–H groups in total. The first-order valence-electron chi connectivity index (χ1n) is 4.54. The molecule has 66 valence electrons. The van der Waals surface area contributed by atoms with Gasteiger partial charge in [0.05, 0.1) is 6.04 Å². The molecule has 1 heterocycles. The van der Waals surface area contributed by atoms with E-state index in [1.165, 1.54) is 19.3 Å². The molecule has 0 saturated heterocycles. The Morgan fingerprint density at radius 2 is 2.33 bits per heavy atom. The van der Waals surface area contributed by atoms with Crippen molar-refractivity contribution in [2.75, 3.05) is 0 Å². The second-order valence-electron chi connectivity index (χ2n) is 4.27. The van der Waals surface area contributed by atoms with E-state index in [1.54, 1.807) is 6.33 Å². The minimum Gasteiger partial charge on any atom is -0.249 e. The van der Waals surface area contributed by atoms with Gasteiger partial charge in [-0.1, -0.05) is 20.3 Å². The lowest BCUT2D eigenvalue weighted by atomic mass is 9.87. The molecule has 1 saturated carbocycles. The van der Waals surface area contributed by atoms with Gasteiger partial charge in [0.25, 0.3) is 0 Å². The normalized spacial score (nSPS) is 27.7. The maximum absolute atomic E-state index is 4.20. The summed E-state index contributed by atoms with van der Waals surface area (Å²) in [5.41, 5.74) is 0.397. The molecule has 1 unspecified atom stereocenters. The molecule has 0 aromatic carbocycles. The second-order valence-corrected chi connectivity index (χ2v) is 4.27. The van der Waals surface area contributed by atoms with Crippen LogP contribution in [0.4, 0.5) is 0 Å². The fourth-order valence-electron chi connectivity index (χ4n) is 2.18. The summed E-state index contributed by atoms with van der Waals surface area (Å²) >= 11 is 0. The third-order valence-corrected chi connectivity index (χ3v) is 2.96. The van der Waals surface area contributed by atoms with Crippen LogP contribution in [0.3, 0.4) is 0 Å². The number of hydrogen-bond acceptors (Lipinski definition) is 2. The number of aromatic nitrogens is 3. The van der Waals surface area contributed by atoms with Crippen molar-refractivity contribution in [2.24, 2.45) is 5.41 Å². The highest BCUT2D eigenvalue weighted by Crippen LogP contribution is 2.45. The topological polar surface area (TPSA) is 30.7 Å². The van der Waals surface area contributed by atoms with Crippen molar-refractivity contribution in [3.8, 4) is 0 Å². The molecule has 0 amide bonds. The Balaban J connectivity index is 2.25. The summed E-state index contributed by atoms with van der Waals surface area (Å²) in [7, 11) is 0. The molecule has 1 aliphatic rings. The molecule has 1 aromatic heterocycles. The van der Waals surface area contributed by atoms with E-state index in [-0.39, 0.29) is 0 Å². The smallest absolute Gasteiger partial charge is 0.137 e. The zero-order valence-corrected chi connectivity index (χ0v) is 7.70. The van der Waals surface area contributed by atoms with E-state index in [4.69, 9.17) is 0 Å². The quantitative estimate of drug-likeness (QED) is 0.637. The summed E-state index contributed by atoms with van der Waals surface area (Å²) in [6.07, 6.45) is 7.32. The van der Waals surface area contributed by atoms with Crippen LogP contribution in [0.2, 0.25) is 0 Å². The average Bonchev–Trinajstić information content (AvgIpc) is 2.55. The predicted octanol–water partition coefficient (Wildman–Crippen LogP) is 2.03. The van der Waals surface area contributed by atoms with Gasteiger partial charge >= 0.3 is 0 Å². The maximum atomic E-state index is 4.20. The zero-order chi connectivity index (χ0) is 8.60. The third-order valence-electron chi connectivity index (χ3n) is 2.96. The molecule has 1 atom stereocenters. The molecule has 3 nitrogen and oxygen atoms in total. The molecule has 0 spiro atoms. The second kappa shape index (κ2) is 2.57. The maximum Gasteiger partial charge on any atom is 0.137 e. The highest BCUT2D eigenvalue weighted by Gasteiger charge is 2.35. The Bertz CT molecular complexity index is 251. The number of rotatable bonds is 1. The van der Waals surface area contributed by atoms with Crippen LogP contribution >= 0.6 is 0 Å². The molecule has 12 heavy (non-hydrogen) atoms. The van der Waals surface area contributed by atoms with E-state index in [9.17, 15) is 0 Å². The summed E-state index contributed by atoms with van der Waals surface area (Å²) < 4.78 is 2.01. The Hall–Kier alpha value is -0.860. The zero-order valence-electron chi connectivity index (χ0n) is 7.70. The van der Waals surface area contributed by atoms with Gasteiger partial charge in [0.15, 0.2) is 0 Å². The van der Waals surface area contributed by atoms with Crippen molar-refractivity contribution in [3.05, 3.63) is 12.7 Å². The molecule has 1 fully saturated rings. The Kier molecular flexibility index (Phi) is 1.67. The van der Waals surface area contributed by atoms with Crippen LogP contribution in [-0.4, -0.2) is 14.8 Å². The summed E-state index contributed by atoms with van der Waals surface area (Å²) in [6.45, 7) is 4.62. The monoisotopic (exact) mass is 165 g/mol. The fraction of sp³-hybridized carbons (Fsp3) is 0.778. The molecule has 1 aliphatic carbocycles. The van der Waals surface area contributed by atoms with Crippen LogP contribution in [0, 0.1) is 5.41 Å². The highest BCUT2D eigenvalue weighted by atomic mass is 15.3. The molecule has 3 heteroatoms. The van der Waals surface area contributed by atoms with Gasteiger partial charge in [-0.05, 0) is 18.3 Å². The highest BCUT2D eigenvalue weighted by molar-refractivity contribution is 4.88. The van der Waals surface area contributed by atoms with Gasteiger partial charge in [-0.25, -0.2) is 9.67 Å². The average molecular weight is 165 g/mol. The van der Waals surface area contributed by atoms with Crippen molar-refractivity contribution >= 4 is 0 Å². The van der Waals surface area contributed by atoms with Gasteiger partial charge in [0, 0.05) is 0 Å². The molecular formula is C9H15N3. The summed E-state index contributed by atoms with van der Waals surface area (Å²) in [6, 6.07) is 0.556. The molecule has 1 aromatic rings. The summed E-state index contributed by atoms with van der Waals surface area (Å²) in [5, 5.41) is 4.20. The molecule has 0 radical (unpaired) electrons. The Labute approximate surface area is 72.8 Å². The van der Waals surface area contributed by atoms with Crippen molar-refractivity contribution in [2.45, 2.75) is 39.2 Å². The van der Waals surface area contributed by atoms with Crippen LogP contribution in [-0.2, 0) is 0 Å². The SMILES string of the molecule is CC1(C)CCCC1n1cncn1. The van der Waals surface area contributed by atoms with Gasteiger partial charge in [-0.15, -0.1) is 0 Å².